The quantitative estimate of drug-likeness (QED) is 0.357. The Balaban J connectivity index is 0.000000454. The maximum atomic E-state index is 14.1. The predicted octanol–water partition coefficient (Wildman–Crippen LogP) is 2.81. The largest absolute Gasteiger partial charge is 0.490 e. The number of amides is 2. The van der Waals surface area contributed by atoms with Crippen molar-refractivity contribution in [3.05, 3.63) is 52.2 Å². The standard InChI is InChI=1S/C19H16F3N5O2.C2HF3O2/c20-19(21,22)18(6-5-11-1-2-11)13-4-3-12(7-15(13)25-17(29)26-18)9-27-10-24-8-14(23)16(27)28;3-2(4,5)1(6)7/h3-4,7-8,10-11H,1-2,9,23H2,(H2,25,26,29);(H,6,7)/t18-;/m0./s1. The van der Waals surface area contributed by atoms with Crippen molar-refractivity contribution in [2.24, 2.45) is 5.92 Å². The van der Waals surface area contributed by atoms with Crippen LogP contribution in [0.5, 0.6) is 0 Å². The van der Waals surface area contributed by atoms with Gasteiger partial charge in [-0.05, 0) is 24.5 Å². The van der Waals surface area contributed by atoms with Crippen LogP contribution < -0.4 is 21.9 Å². The topological polar surface area (TPSA) is 139 Å². The normalized spacial score (nSPS) is 18.9. The third-order valence-corrected chi connectivity index (χ3v) is 5.03. The zero-order valence-corrected chi connectivity index (χ0v) is 18.0. The van der Waals surface area contributed by atoms with E-state index in [1.165, 1.54) is 35.3 Å². The molecule has 0 spiro atoms. The zero-order chi connectivity index (χ0) is 26.9. The van der Waals surface area contributed by atoms with E-state index in [1.54, 1.807) is 0 Å². The summed E-state index contributed by atoms with van der Waals surface area (Å²) in [5, 5.41) is 11.5. The van der Waals surface area contributed by atoms with Crippen molar-refractivity contribution >= 4 is 23.4 Å². The van der Waals surface area contributed by atoms with E-state index in [1.807, 2.05) is 5.32 Å². The first-order valence-corrected chi connectivity index (χ1v) is 10.1. The van der Waals surface area contributed by atoms with Gasteiger partial charge in [0.2, 0.25) is 5.54 Å². The number of nitrogens with two attached hydrogens (primary N) is 1. The summed E-state index contributed by atoms with van der Waals surface area (Å²) in [5.74, 6) is 2.07. The van der Waals surface area contributed by atoms with Gasteiger partial charge in [0.05, 0.1) is 19.1 Å². The molecule has 1 atom stereocenters. The molecule has 2 aliphatic rings. The lowest BCUT2D eigenvalue weighted by molar-refractivity contribution is -0.192. The van der Waals surface area contributed by atoms with E-state index < -0.39 is 35.5 Å². The van der Waals surface area contributed by atoms with Gasteiger partial charge >= 0.3 is 24.4 Å². The Hall–Kier alpha value is -4.22. The second-order valence-electron chi connectivity index (χ2n) is 7.84. The van der Waals surface area contributed by atoms with Gasteiger partial charge in [-0.1, -0.05) is 24.0 Å². The lowest BCUT2D eigenvalue weighted by Gasteiger charge is -2.37. The molecular formula is C21H17F6N5O4. The predicted molar refractivity (Wildman–Crippen MR) is 113 cm³/mol. The molecule has 1 aromatic carbocycles. The molecule has 4 rings (SSSR count). The summed E-state index contributed by atoms with van der Waals surface area (Å²) in [6.07, 6.45) is -5.91. The lowest BCUT2D eigenvalue weighted by atomic mass is 9.85. The number of nitrogens with one attached hydrogen (secondary N) is 2. The second kappa shape index (κ2) is 9.44. The average Bonchev–Trinajstić information content (AvgIpc) is 3.58. The van der Waals surface area contributed by atoms with Gasteiger partial charge in [-0.3, -0.25) is 9.36 Å². The van der Waals surface area contributed by atoms with Crippen molar-refractivity contribution < 1.29 is 41.0 Å². The maximum Gasteiger partial charge on any atom is 0.490 e. The molecule has 1 saturated carbocycles. The van der Waals surface area contributed by atoms with Gasteiger partial charge in [-0.15, -0.1) is 0 Å². The number of alkyl halides is 6. The number of rotatable bonds is 2. The first kappa shape index (κ1) is 26.4. The van der Waals surface area contributed by atoms with Crippen LogP contribution in [-0.4, -0.2) is 39.0 Å². The van der Waals surface area contributed by atoms with Crippen molar-refractivity contribution in [2.75, 3.05) is 11.1 Å². The van der Waals surface area contributed by atoms with Crippen LogP contribution in [-0.2, 0) is 16.9 Å². The fourth-order valence-corrected chi connectivity index (χ4v) is 3.12. The summed E-state index contributed by atoms with van der Waals surface area (Å²) in [4.78, 5) is 36.8. The first-order chi connectivity index (χ1) is 16.6. The van der Waals surface area contributed by atoms with Crippen molar-refractivity contribution in [3.63, 3.8) is 0 Å². The summed E-state index contributed by atoms with van der Waals surface area (Å²) < 4.78 is 75.1. The Kier molecular flexibility index (Phi) is 6.92. The fraction of sp³-hybridized carbons (Fsp3) is 0.333. The molecule has 1 aliphatic carbocycles. The fourth-order valence-electron chi connectivity index (χ4n) is 3.12. The third kappa shape index (κ3) is 5.70. The summed E-state index contributed by atoms with van der Waals surface area (Å²) in [6.45, 7) is 0.0280. The molecule has 2 aromatic rings. The van der Waals surface area contributed by atoms with E-state index in [9.17, 15) is 35.9 Å². The molecule has 2 amide bonds. The molecule has 192 valence electrons. The smallest absolute Gasteiger partial charge is 0.475 e. The Bertz CT molecular complexity index is 1310. The molecule has 1 aromatic heterocycles. The number of carbonyl (C=O) groups is 2. The number of hydrogen-bond donors (Lipinski definition) is 4. The summed E-state index contributed by atoms with van der Waals surface area (Å²) >= 11 is 0. The number of carboxylic acids is 1. The average molecular weight is 517 g/mol. The van der Waals surface area contributed by atoms with E-state index in [-0.39, 0.29) is 29.4 Å². The molecule has 0 bridgehead atoms. The van der Waals surface area contributed by atoms with Crippen LogP contribution in [0, 0.1) is 17.8 Å². The molecule has 15 heteroatoms. The van der Waals surface area contributed by atoms with Gasteiger partial charge < -0.3 is 21.5 Å². The van der Waals surface area contributed by atoms with E-state index >= 15 is 0 Å². The highest BCUT2D eigenvalue weighted by Crippen LogP contribution is 2.44. The summed E-state index contributed by atoms with van der Waals surface area (Å²) in [7, 11) is 0. The number of aliphatic carboxylic acids is 1. The molecule has 0 saturated heterocycles. The van der Waals surface area contributed by atoms with Gasteiger partial charge in [-0.2, -0.15) is 26.3 Å². The number of fused-ring (bicyclic) bond motifs is 1. The highest BCUT2D eigenvalue weighted by Gasteiger charge is 2.59. The van der Waals surface area contributed by atoms with Crippen LogP contribution >= 0.6 is 0 Å². The van der Waals surface area contributed by atoms with Gasteiger partial charge in [0, 0.05) is 17.2 Å². The highest BCUT2D eigenvalue weighted by atomic mass is 19.4. The van der Waals surface area contributed by atoms with Crippen molar-refractivity contribution in [3.8, 4) is 11.8 Å². The second-order valence-corrected chi connectivity index (χ2v) is 7.84. The minimum absolute atomic E-state index is 0.0152. The number of benzene rings is 1. The van der Waals surface area contributed by atoms with Crippen molar-refractivity contribution in [1.82, 2.24) is 14.9 Å². The minimum Gasteiger partial charge on any atom is -0.475 e. The van der Waals surface area contributed by atoms with Gasteiger partial charge in [0.25, 0.3) is 5.56 Å². The molecule has 5 N–H and O–H groups in total. The van der Waals surface area contributed by atoms with E-state index in [0.29, 0.717) is 5.56 Å². The highest BCUT2D eigenvalue weighted by molar-refractivity contribution is 5.95. The van der Waals surface area contributed by atoms with E-state index in [4.69, 9.17) is 15.6 Å². The first-order valence-electron chi connectivity index (χ1n) is 10.1. The lowest BCUT2D eigenvalue weighted by Crippen LogP contribution is -2.59. The van der Waals surface area contributed by atoms with Crippen LogP contribution in [0.3, 0.4) is 0 Å². The number of carbonyl (C=O) groups excluding carboxylic acids is 1. The number of hydrogen-bond acceptors (Lipinski definition) is 5. The third-order valence-electron chi connectivity index (χ3n) is 5.03. The Morgan fingerprint density at radius 2 is 1.86 bits per heavy atom. The summed E-state index contributed by atoms with van der Waals surface area (Å²) in [6, 6.07) is 3.10. The maximum absolute atomic E-state index is 14.1. The minimum atomic E-state index is -5.08. The number of nitrogen functional groups attached to an aromatic ring is 1. The number of urea groups is 1. The molecule has 0 unspecified atom stereocenters. The number of halogens is 6. The molecule has 2 heterocycles. The SMILES string of the molecule is Nc1cncn(Cc2ccc3c(c2)NC(=O)N[C@]3(C#CC2CC2)C(F)(F)F)c1=O.O=C(O)C(F)(F)F. The Labute approximate surface area is 198 Å². The summed E-state index contributed by atoms with van der Waals surface area (Å²) in [5.41, 5.74) is 2.52. The van der Waals surface area contributed by atoms with Gasteiger partial charge in [0.1, 0.15) is 5.69 Å². The van der Waals surface area contributed by atoms with Gasteiger partial charge in [0.15, 0.2) is 0 Å². The molecule has 1 aliphatic heterocycles. The molecule has 36 heavy (non-hydrogen) atoms. The van der Waals surface area contributed by atoms with Crippen LogP contribution in [0.15, 0.2) is 35.5 Å². The monoisotopic (exact) mass is 517 g/mol. The number of nitrogens with zero attached hydrogens (tertiary/aromatic N) is 2. The van der Waals surface area contributed by atoms with E-state index in [2.05, 4.69) is 22.1 Å². The van der Waals surface area contributed by atoms with Crippen molar-refractivity contribution in [1.29, 1.82) is 0 Å². The van der Waals surface area contributed by atoms with Gasteiger partial charge in [-0.25, -0.2) is 14.6 Å². The Morgan fingerprint density at radius 1 is 1.22 bits per heavy atom. The van der Waals surface area contributed by atoms with Crippen LogP contribution in [0.4, 0.5) is 42.5 Å². The molecule has 1 fully saturated rings. The Morgan fingerprint density at radius 3 is 2.42 bits per heavy atom. The number of anilines is 2. The van der Waals surface area contributed by atoms with Crippen LogP contribution in [0.2, 0.25) is 0 Å². The zero-order valence-electron chi connectivity index (χ0n) is 18.0. The van der Waals surface area contributed by atoms with E-state index in [0.717, 1.165) is 12.8 Å². The van der Waals surface area contributed by atoms with Crippen LogP contribution in [0.1, 0.15) is 24.0 Å². The van der Waals surface area contributed by atoms with Crippen LogP contribution in [0.25, 0.3) is 0 Å². The van der Waals surface area contributed by atoms with Crippen molar-refractivity contribution in [2.45, 2.75) is 37.3 Å². The number of carboxylic acid groups (broad SMARTS) is 1. The molecule has 9 nitrogen and oxygen atoms in total. The molecule has 0 radical (unpaired) electrons. The number of aromatic nitrogens is 2. The molecular weight excluding hydrogens is 500 g/mol.